The van der Waals surface area contributed by atoms with Gasteiger partial charge in [-0.3, -0.25) is 4.55 Å². The normalized spacial score (nSPS) is 40.8. The standard InChI is InChI=1S/C12H20O6S/c13-19(14,15)2-1-16-11-4-9-3-8(11)5-12(9)18-7-10-6-17-10/h8-12H,1-7H2,(H,13,14,15). The van der Waals surface area contributed by atoms with E-state index in [4.69, 9.17) is 18.8 Å². The molecule has 1 N–H and O–H groups in total. The van der Waals surface area contributed by atoms with Crippen molar-refractivity contribution in [3.8, 4) is 0 Å². The van der Waals surface area contributed by atoms with Gasteiger partial charge in [0.15, 0.2) is 0 Å². The Morgan fingerprint density at radius 2 is 1.74 bits per heavy atom. The highest BCUT2D eigenvalue weighted by molar-refractivity contribution is 7.85. The van der Waals surface area contributed by atoms with Gasteiger partial charge in [-0.2, -0.15) is 8.42 Å². The minimum absolute atomic E-state index is 0.0775. The van der Waals surface area contributed by atoms with Crippen molar-refractivity contribution in [2.24, 2.45) is 11.8 Å². The van der Waals surface area contributed by atoms with Crippen LogP contribution in [0, 0.1) is 11.8 Å². The van der Waals surface area contributed by atoms with Crippen LogP contribution in [0.3, 0.4) is 0 Å². The van der Waals surface area contributed by atoms with E-state index in [0.717, 1.165) is 25.9 Å². The van der Waals surface area contributed by atoms with Gasteiger partial charge in [0.05, 0.1) is 37.8 Å². The lowest BCUT2D eigenvalue weighted by Crippen LogP contribution is -2.31. The molecule has 1 aliphatic heterocycles. The Morgan fingerprint density at radius 1 is 1.11 bits per heavy atom. The van der Waals surface area contributed by atoms with Crippen LogP contribution in [0.5, 0.6) is 0 Å². The third-order valence-corrected chi connectivity index (χ3v) is 4.98. The summed E-state index contributed by atoms with van der Waals surface area (Å²) in [5.41, 5.74) is 0. The molecule has 110 valence electrons. The first-order chi connectivity index (χ1) is 9.01. The van der Waals surface area contributed by atoms with E-state index in [1.165, 1.54) is 0 Å². The lowest BCUT2D eigenvalue weighted by atomic mass is 9.95. The maximum Gasteiger partial charge on any atom is 0.267 e. The summed E-state index contributed by atoms with van der Waals surface area (Å²) in [7, 11) is -3.91. The second-order valence-corrected chi connectivity index (χ2v) is 7.32. The molecule has 3 fully saturated rings. The molecule has 19 heavy (non-hydrogen) atoms. The van der Waals surface area contributed by atoms with Gasteiger partial charge in [-0.1, -0.05) is 0 Å². The van der Waals surface area contributed by atoms with Gasteiger partial charge in [0.1, 0.15) is 6.10 Å². The molecule has 3 rings (SSSR count). The average Bonchev–Trinajstić information content (AvgIpc) is 2.96. The lowest BCUT2D eigenvalue weighted by molar-refractivity contribution is -0.0377. The van der Waals surface area contributed by atoms with E-state index in [9.17, 15) is 8.42 Å². The van der Waals surface area contributed by atoms with Crippen LogP contribution in [0.25, 0.3) is 0 Å². The van der Waals surface area contributed by atoms with Crippen molar-refractivity contribution in [2.45, 2.75) is 37.6 Å². The van der Waals surface area contributed by atoms with Gasteiger partial charge in [-0.25, -0.2) is 0 Å². The van der Waals surface area contributed by atoms with E-state index in [1.807, 2.05) is 0 Å². The number of fused-ring (bicyclic) bond motifs is 2. The van der Waals surface area contributed by atoms with Crippen molar-refractivity contribution in [3.63, 3.8) is 0 Å². The molecule has 1 saturated heterocycles. The van der Waals surface area contributed by atoms with Crippen LogP contribution in [0.4, 0.5) is 0 Å². The van der Waals surface area contributed by atoms with Gasteiger partial charge in [0.2, 0.25) is 0 Å². The monoisotopic (exact) mass is 292 g/mol. The second kappa shape index (κ2) is 5.29. The Morgan fingerprint density at radius 3 is 2.26 bits per heavy atom. The summed E-state index contributed by atoms with van der Waals surface area (Å²) >= 11 is 0. The zero-order valence-corrected chi connectivity index (χ0v) is 11.5. The highest BCUT2D eigenvalue weighted by Crippen LogP contribution is 2.47. The average molecular weight is 292 g/mol. The van der Waals surface area contributed by atoms with E-state index < -0.39 is 10.1 Å². The summed E-state index contributed by atoms with van der Waals surface area (Å²) in [5.74, 6) is 0.677. The minimum atomic E-state index is -3.91. The van der Waals surface area contributed by atoms with E-state index in [-0.39, 0.29) is 18.5 Å². The van der Waals surface area contributed by atoms with E-state index in [1.54, 1.807) is 0 Å². The molecular weight excluding hydrogens is 272 g/mol. The van der Waals surface area contributed by atoms with Gasteiger partial charge < -0.3 is 14.2 Å². The van der Waals surface area contributed by atoms with Crippen molar-refractivity contribution in [2.75, 3.05) is 25.6 Å². The maximum absolute atomic E-state index is 10.6. The van der Waals surface area contributed by atoms with Gasteiger partial charge in [0, 0.05) is 0 Å². The number of hydrogen-bond acceptors (Lipinski definition) is 5. The molecular formula is C12H20O6S. The van der Waals surface area contributed by atoms with Crippen LogP contribution < -0.4 is 0 Å². The van der Waals surface area contributed by atoms with Gasteiger partial charge in [-0.05, 0) is 31.1 Å². The second-order valence-electron chi connectivity index (χ2n) is 5.75. The molecule has 6 nitrogen and oxygen atoms in total. The first-order valence-corrected chi connectivity index (χ1v) is 8.42. The quantitative estimate of drug-likeness (QED) is 0.542. The summed E-state index contributed by atoms with van der Waals surface area (Å²) in [5, 5.41) is 0. The molecule has 7 heteroatoms. The molecule has 5 unspecified atom stereocenters. The molecule has 2 saturated carbocycles. The Kier molecular flexibility index (Phi) is 3.83. The maximum atomic E-state index is 10.6. The first-order valence-electron chi connectivity index (χ1n) is 6.81. The van der Waals surface area contributed by atoms with Crippen LogP contribution in [0.15, 0.2) is 0 Å². The van der Waals surface area contributed by atoms with Gasteiger partial charge in [0.25, 0.3) is 10.1 Å². The fraction of sp³-hybridized carbons (Fsp3) is 1.00. The molecule has 0 aromatic rings. The molecule has 0 radical (unpaired) electrons. The predicted molar refractivity (Wildman–Crippen MR) is 66.5 cm³/mol. The molecule has 2 bridgehead atoms. The van der Waals surface area contributed by atoms with Crippen molar-refractivity contribution < 1.29 is 27.2 Å². The van der Waals surface area contributed by atoms with Crippen molar-refractivity contribution in [1.82, 2.24) is 0 Å². The van der Waals surface area contributed by atoms with Crippen LogP contribution in [-0.2, 0) is 24.3 Å². The Balaban J connectivity index is 1.39. The van der Waals surface area contributed by atoms with E-state index >= 15 is 0 Å². The zero-order valence-electron chi connectivity index (χ0n) is 10.7. The Labute approximate surface area is 113 Å². The minimum Gasteiger partial charge on any atom is -0.377 e. The predicted octanol–water partition coefficient (Wildman–Crippen LogP) is 0.473. The number of rotatable bonds is 7. The summed E-state index contributed by atoms with van der Waals surface area (Å²) in [6.07, 6.45) is 3.79. The van der Waals surface area contributed by atoms with Crippen molar-refractivity contribution in [1.29, 1.82) is 0 Å². The molecule has 5 atom stereocenters. The molecule has 0 aromatic carbocycles. The van der Waals surface area contributed by atoms with Crippen LogP contribution in [0.2, 0.25) is 0 Å². The number of hydrogen-bond donors (Lipinski definition) is 1. The fourth-order valence-corrected chi connectivity index (χ4v) is 3.59. The van der Waals surface area contributed by atoms with E-state index in [2.05, 4.69) is 0 Å². The molecule has 0 aromatic heterocycles. The molecule has 2 aliphatic carbocycles. The van der Waals surface area contributed by atoms with Crippen LogP contribution in [-0.4, -0.2) is 56.9 Å². The third-order valence-electron chi connectivity index (χ3n) is 4.30. The fourth-order valence-electron chi connectivity index (χ4n) is 3.28. The van der Waals surface area contributed by atoms with Gasteiger partial charge >= 0.3 is 0 Å². The first kappa shape index (κ1) is 13.8. The molecule has 0 spiro atoms. The Bertz CT molecular complexity index is 418. The largest absolute Gasteiger partial charge is 0.377 e. The van der Waals surface area contributed by atoms with E-state index in [0.29, 0.717) is 30.7 Å². The van der Waals surface area contributed by atoms with Crippen LogP contribution >= 0.6 is 0 Å². The SMILES string of the molecule is O=S(=O)(O)CCOC1CC2CC1CC2OCC1CO1. The summed E-state index contributed by atoms with van der Waals surface area (Å²) in [4.78, 5) is 0. The van der Waals surface area contributed by atoms with Crippen LogP contribution in [0.1, 0.15) is 19.3 Å². The molecule has 3 aliphatic rings. The van der Waals surface area contributed by atoms with Crippen molar-refractivity contribution >= 4 is 10.1 Å². The zero-order chi connectivity index (χ0) is 13.5. The smallest absolute Gasteiger partial charge is 0.267 e. The third kappa shape index (κ3) is 3.66. The number of ether oxygens (including phenoxy) is 3. The summed E-state index contributed by atoms with van der Waals surface area (Å²) < 4.78 is 46.4. The van der Waals surface area contributed by atoms with Gasteiger partial charge in [-0.15, -0.1) is 0 Å². The molecule has 0 amide bonds. The lowest BCUT2D eigenvalue weighted by Gasteiger charge is -2.27. The summed E-state index contributed by atoms with van der Waals surface area (Å²) in [6.45, 7) is 1.60. The molecule has 1 heterocycles. The summed E-state index contributed by atoms with van der Waals surface area (Å²) in [6, 6.07) is 0. The topological polar surface area (TPSA) is 85.4 Å². The number of epoxide rings is 1. The van der Waals surface area contributed by atoms with Crippen molar-refractivity contribution in [3.05, 3.63) is 0 Å². The Hall–Kier alpha value is -0.210. The highest BCUT2D eigenvalue weighted by Gasteiger charge is 2.47. The highest BCUT2D eigenvalue weighted by atomic mass is 32.2.